The summed E-state index contributed by atoms with van der Waals surface area (Å²) in [5, 5.41) is 5.49. The highest BCUT2D eigenvalue weighted by atomic mass is 32.2. The van der Waals surface area contributed by atoms with Gasteiger partial charge in [0.15, 0.2) is 5.16 Å². The van der Waals surface area contributed by atoms with E-state index in [1.54, 1.807) is 42.5 Å². The smallest absolute Gasteiger partial charge is 0.338 e. The standard InChI is InChI=1S/C24H22FN3O3S2/c1-2-31-23(30)17-8-9-21-20(12-17)27-24(28(21)14-16-5-3-6-18(25)11-16)33-15-22(29)26-13-19-7-4-10-32-19/h3-12H,2,13-15H2,1H3,(H,26,29). The molecule has 33 heavy (non-hydrogen) atoms. The third-order valence-corrected chi connectivity index (χ3v) is 6.68. The van der Waals surface area contributed by atoms with Crippen LogP contribution in [-0.4, -0.2) is 33.8 Å². The van der Waals surface area contributed by atoms with Gasteiger partial charge in [-0.15, -0.1) is 11.3 Å². The van der Waals surface area contributed by atoms with Gasteiger partial charge < -0.3 is 14.6 Å². The number of imidazole rings is 1. The Kier molecular flexibility index (Phi) is 7.41. The molecular formula is C24H22FN3O3S2. The number of carbonyl (C=O) groups is 2. The number of ether oxygens (including phenoxy) is 1. The van der Waals surface area contributed by atoms with Crippen LogP contribution in [0.15, 0.2) is 65.1 Å². The molecule has 0 saturated carbocycles. The summed E-state index contributed by atoms with van der Waals surface area (Å²) in [6, 6.07) is 15.4. The van der Waals surface area contributed by atoms with Gasteiger partial charge in [0.2, 0.25) is 5.91 Å². The highest BCUT2D eigenvalue weighted by Gasteiger charge is 2.16. The largest absolute Gasteiger partial charge is 0.462 e. The molecule has 4 rings (SSSR count). The number of nitrogens with one attached hydrogen (secondary N) is 1. The van der Waals surface area contributed by atoms with Crippen molar-refractivity contribution in [3.8, 4) is 0 Å². The van der Waals surface area contributed by atoms with Gasteiger partial charge in [-0.05, 0) is 54.3 Å². The van der Waals surface area contributed by atoms with Crippen LogP contribution in [0.25, 0.3) is 11.0 Å². The highest BCUT2D eigenvalue weighted by Crippen LogP contribution is 2.26. The second-order valence-corrected chi connectivity index (χ2v) is 9.15. The number of esters is 1. The maximum atomic E-state index is 13.7. The van der Waals surface area contributed by atoms with Crippen molar-refractivity contribution < 1.29 is 18.7 Å². The Morgan fingerprint density at radius 1 is 1.18 bits per heavy atom. The van der Waals surface area contributed by atoms with E-state index in [4.69, 9.17) is 4.74 Å². The molecule has 0 unspecified atom stereocenters. The number of halogens is 1. The molecular weight excluding hydrogens is 461 g/mol. The molecule has 0 radical (unpaired) electrons. The molecule has 6 nitrogen and oxygen atoms in total. The van der Waals surface area contributed by atoms with Crippen molar-refractivity contribution in [2.24, 2.45) is 0 Å². The SMILES string of the molecule is CCOC(=O)c1ccc2c(c1)nc(SCC(=O)NCc1cccs1)n2Cc1cccc(F)c1. The number of nitrogens with zero attached hydrogens (tertiary/aromatic N) is 2. The molecule has 1 amide bonds. The second-order valence-electron chi connectivity index (χ2n) is 7.18. The molecule has 0 aliphatic rings. The van der Waals surface area contributed by atoms with E-state index in [9.17, 15) is 14.0 Å². The fourth-order valence-electron chi connectivity index (χ4n) is 3.31. The molecule has 9 heteroatoms. The molecule has 2 aromatic heterocycles. The minimum absolute atomic E-state index is 0.107. The van der Waals surface area contributed by atoms with E-state index in [-0.39, 0.29) is 24.1 Å². The summed E-state index contributed by atoms with van der Waals surface area (Å²) in [6.45, 7) is 2.90. The van der Waals surface area contributed by atoms with Crippen LogP contribution in [0.2, 0.25) is 0 Å². The molecule has 0 atom stereocenters. The van der Waals surface area contributed by atoms with Gasteiger partial charge in [-0.3, -0.25) is 4.79 Å². The minimum Gasteiger partial charge on any atom is -0.462 e. The predicted octanol–water partition coefficient (Wildman–Crippen LogP) is 4.87. The molecule has 0 spiro atoms. The molecule has 170 valence electrons. The first kappa shape index (κ1) is 23.0. The van der Waals surface area contributed by atoms with Gasteiger partial charge >= 0.3 is 5.97 Å². The lowest BCUT2D eigenvalue weighted by Crippen LogP contribution is -2.24. The Labute approximate surface area is 198 Å². The molecule has 1 N–H and O–H groups in total. The van der Waals surface area contributed by atoms with E-state index in [0.29, 0.717) is 29.3 Å². The third-order valence-electron chi connectivity index (χ3n) is 4.83. The van der Waals surface area contributed by atoms with E-state index in [1.807, 2.05) is 28.1 Å². The number of benzene rings is 2. The number of hydrogen-bond acceptors (Lipinski definition) is 6. The average molecular weight is 484 g/mol. The van der Waals surface area contributed by atoms with Crippen molar-refractivity contribution in [3.05, 3.63) is 81.8 Å². The van der Waals surface area contributed by atoms with Crippen molar-refractivity contribution in [2.75, 3.05) is 12.4 Å². The lowest BCUT2D eigenvalue weighted by molar-refractivity contribution is -0.118. The van der Waals surface area contributed by atoms with Crippen molar-refractivity contribution in [1.29, 1.82) is 0 Å². The van der Waals surface area contributed by atoms with Crippen LogP contribution in [0, 0.1) is 5.82 Å². The van der Waals surface area contributed by atoms with Crippen LogP contribution in [-0.2, 0) is 22.6 Å². The monoisotopic (exact) mass is 483 g/mol. The first-order valence-corrected chi connectivity index (χ1v) is 12.2. The van der Waals surface area contributed by atoms with Crippen molar-refractivity contribution in [2.45, 2.75) is 25.2 Å². The number of amides is 1. The van der Waals surface area contributed by atoms with E-state index in [0.717, 1.165) is 16.0 Å². The predicted molar refractivity (Wildman–Crippen MR) is 128 cm³/mol. The number of thiophene rings is 1. The van der Waals surface area contributed by atoms with Crippen molar-refractivity contribution >= 4 is 46.0 Å². The Morgan fingerprint density at radius 2 is 2.06 bits per heavy atom. The summed E-state index contributed by atoms with van der Waals surface area (Å²) in [7, 11) is 0. The fourth-order valence-corrected chi connectivity index (χ4v) is 4.80. The zero-order valence-corrected chi connectivity index (χ0v) is 19.5. The second kappa shape index (κ2) is 10.6. The number of carbonyl (C=O) groups excluding carboxylic acids is 2. The van der Waals surface area contributed by atoms with Gasteiger partial charge in [-0.25, -0.2) is 14.2 Å². The molecule has 2 aromatic carbocycles. The van der Waals surface area contributed by atoms with Gasteiger partial charge in [0.05, 0.1) is 42.0 Å². The van der Waals surface area contributed by atoms with Crippen LogP contribution >= 0.6 is 23.1 Å². The van der Waals surface area contributed by atoms with Gasteiger partial charge in [0.25, 0.3) is 0 Å². The first-order valence-electron chi connectivity index (χ1n) is 10.4. The van der Waals surface area contributed by atoms with Crippen LogP contribution < -0.4 is 5.32 Å². The summed E-state index contributed by atoms with van der Waals surface area (Å²) in [5.74, 6) is -0.655. The number of hydrogen-bond donors (Lipinski definition) is 1. The van der Waals surface area contributed by atoms with Crippen LogP contribution in [0.1, 0.15) is 27.7 Å². The van der Waals surface area contributed by atoms with Gasteiger partial charge in [-0.1, -0.05) is 30.0 Å². The lowest BCUT2D eigenvalue weighted by Gasteiger charge is -2.10. The number of fused-ring (bicyclic) bond motifs is 1. The van der Waals surface area contributed by atoms with Crippen LogP contribution in [0.3, 0.4) is 0 Å². The van der Waals surface area contributed by atoms with Crippen LogP contribution in [0.4, 0.5) is 4.39 Å². The summed E-state index contributed by atoms with van der Waals surface area (Å²) in [4.78, 5) is 30.3. The van der Waals surface area contributed by atoms with E-state index < -0.39 is 5.97 Å². The average Bonchev–Trinajstić information content (AvgIpc) is 3.44. The molecule has 0 bridgehead atoms. The van der Waals surface area contributed by atoms with Crippen molar-refractivity contribution in [1.82, 2.24) is 14.9 Å². The first-order chi connectivity index (χ1) is 16.0. The normalized spacial score (nSPS) is 11.0. The summed E-state index contributed by atoms with van der Waals surface area (Å²) >= 11 is 2.89. The quantitative estimate of drug-likeness (QED) is 0.272. The van der Waals surface area contributed by atoms with E-state index in [2.05, 4.69) is 10.3 Å². The lowest BCUT2D eigenvalue weighted by atomic mass is 10.2. The zero-order valence-electron chi connectivity index (χ0n) is 17.9. The summed E-state index contributed by atoms with van der Waals surface area (Å²) < 4.78 is 20.8. The number of rotatable bonds is 9. The third kappa shape index (κ3) is 5.80. The van der Waals surface area contributed by atoms with Gasteiger partial charge in [0, 0.05) is 4.88 Å². The maximum Gasteiger partial charge on any atom is 0.338 e. The Balaban J connectivity index is 1.58. The maximum absolute atomic E-state index is 13.7. The Hall–Kier alpha value is -3.17. The van der Waals surface area contributed by atoms with Crippen LogP contribution in [0.5, 0.6) is 0 Å². The number of thioether (sulfide) groups is 1. The molecule has 0 aliphatic carbocycles. The van der Waals surface area contributed by atoms with E-state index >= 15 is 0 Å². The van der Waals surface area contributed by atoms with Gasteiger partial charge in [-0.2, -0.15) is 0 Å². The van der Waals surface area contributed by atoms with Gasteiger partial charge in [0.1, 0.15) is 5.82 Å². The van der Waals surface area contributed by atoms with Crippen molar-refractivity contribution in [3.63, 3.8) is 0 Å². The topological polar surface area (TPSA) is 73.2 Å². The molecule has 0 aliphatic heterocycles. The summed E-state index contributed by atoms with van der Waals surface area (Å²) in [5.41, 5.74) is 2.57. The highest BCUT2D eigenvalue weighted by molar-refractivity contribution is 7.99. The Morgan fingerprint density at radius 3 is 2.82 bits per heavy atom. The molecule has 0 fully saturated rings. The minimum atomic E-state index is -0.416. The molecule has 0 saturated heterocycles. The molecule has 2 heterocycles. The molecule has 4 aromatic rings. The zero-order chi connectivity index (χ0) is 23.2. The Bertz CT molecular complexity index is 1270. The van der Waals surface area contributed by atoms with E-state index in [1.165, 1.54) is 23.9 Å². The fraction of sp³-hybridized carbons (Fsp3) is 0.208. The number of aromatic nitrogens is 2. The summed E-state index contributed by atoms with van der Waals surface area (Å²) in [6.07, 6.45) is 0.